The van der Waals surface area contributed by atoms with E-state index in [9.17, 15) is 8.42 Å². The molecule has 0 heterocycles. The molecule has 0 spiro atoms. The molecule has 7 heteroatoms. The largest absolute Gasteiger partial charge is 1.00 e. The molecule has 0 atom stereocenters. The smallest absolute Gasteiger partial charge is 1.00 e. The Morgan fingerprint density at radius 2 is 2.10 bits per heavy atom. The zero-order valence-corrected chi connectivity index (χ0v) is 9.15. The Morgan fingerprint density at radius 1 is 1.60 bits per heavy atom. The maximum atomic E-state index is 10.3. The van der Waals surface area contributed by atoms with Crippen molar-refractivity contribution < 1.29 is 48.2 Å². The van der Waals surface area contributed by atoms with Crippen molar-refractivity contribution in [2.45, 2.75) is 6.42 Å². The fourth-order valence-electron chi connectivity index (χ4n) is 0.273. The van der Waals surface area contributed by atoms with Crippen LogP contribution in [-0.2, 0) is 13.9 Å². The summed E-state index contributed by atoms with van der Waals surface area (Å²) in [6, 6.07) is 0. The van der Waals surface area contributed by atoms with Gasteiger partial charge in [0, 0.05) is 6.61 Å². The number of rotatable bonds is 4. The Kier molecular flexibility index (Phi) is 9.40. The van der Waals surface area contributed by atoms with Crippen molar-refractivity contribution in [3.8, 4) is 0 Å². The third kappa shape index (κ3) is 7.27. The molecule has 10 heavy (non-hydrogen) atoms. The van der Waals surface area contributed by atoms with Crippen molar-refractivity contribution in [2.24, 2.45) is 0 Å². The molecule has 0 rings (SSSR count). The van der Waals surface area contributed by atoms with Gasteiger partial charge in [-0.05, 0) is 6.42 Å². The van der Waals surface area contributed by atoms with Crippen molar-refractivity contribution in [3.05, 3.63) is 0 Å². The van der Waals surface area contributed by atoms with Crippen LogP contribution in [0.5, 0.6) is 0 Å². The average molecular weight is 199 g/mol. The van der Waals surface area contributed by atoms with E-state index < -0.39 is 10.1 Å². The Labute approximate surface area is 88.6 Å². The van der Waals surface area contributed by atoms with Crippen molar-refractivity contribution in [3.63, 3.8) is 0 Å². The van der Waals surface area contributed by atoms with Crippen molar-refractivity contribution in [2.75, 3.05) is 12.4 Å². The summed E-state index contributed by atoms with van der Waals surface area (Å²) < 4.78 is 24.2. The topological polar surface area (TPSA) is 63.6 Å². The van der Waals surface area contributed by atoms with Crippen molar-refractivity contribution in [1.29, 1.82) is 0 Å². The summed E-state index contributed by atoms with van der Waals surface area (Å²) in [6.45, 7) is -0.181. The van der Waals surface area contributed by atoms with Gasteiger partial charge in [0.05, 0.1) is 17.6 Å². The number of halogens is 1. The first kappa shape index (κ1) is 13.7. The van der Waals surface area contributed by atoms with Gasteiger partial charge in [0.15, 0.2) is 0 Å². The van der Waals surface area contributed by atoms with Gasteiger partial charge in [0.1, 0.15) is 0 Å². The van der Waals surface area contributed by atoms with Crippen LogP contribution in [0, 0.1) is 0 Å². The predicted octanol–water partition coefficient (Wildman–Crippen LogP) is -3.01. The fraction of sp³-hybridized carbons (Fsp3) is 1.00. The second kappa shape index (κ2) is 6.84. The first-order chi connectivity index (χ1) is 4.12. The third-order valence-electron chi connectivity index (χ3n) is 0.648. The van der Waals surface area contributed by atoms with Gasteiger partial charge >= 0.3 is 29.6 Å². The quantitative estimate of drug-likeness (QED) is 0.489. The Hall–Kier alpha value is 1.16. The molecule has 0 saturated carbocycles. The first-order valence-corrected chi connectivity index (χ1v) is 4.15. The molecule has 0 aliphatic carbocycles. The van der Waals surface area contributed by atoms with Gasteiger partial charge in [0.2, 0.25) is 0 Å². The second-order valence-electron chi connectivity index (χ2n) is 1.40. The molecule has 0 aromatic heterocycles. The van der Waals surface area contributed by atoms with Gasteiger partial charge in [-0.25, -0.2) is 0 Å². The second-order valence-corrected chi connectivity index (χ2v) is 3.43. The minimum absolute atomic E-state index is 0. The minimum Gasteiger partial charge on any atom is -1.00 e. The van der Waals surface area contributed by atoms with Gasteiger partial charge in [-0.1, -0.05) is 0 Å². The summed E-state index contributed by atoms with van der Waals surface area (Å²) >= 11 is 4.56. The summed E-state index contributed by atoms with van der Waals surface area (Å²) in [7, 11) is -3.58. The standard InChI is InChI=1S/C3H7ClO4S.Na.H/c4-8-9(6,7)3-1-2-5;;/h5H,1-3H2;;/q;+1;-1. The van der Waals surface area contributed by atoms with Crippen LogP contribution >= 0.6 is 11.9 Å². The van der Waals surface area contributed by atoms with Crippen LogP contribution in [0.1, 0.15) is 7.85 Å². The van der Waals surface area contributed by atoms with Crippen LogP contribution in [0.2, 0.25) is 0 Å². The monoisotopic (exact) mass is 198 g/mol. The molecular formula is C3H8ClNaO4S. The summed E-state index contributed by atoms with van der Waals surface area (Å²) in [5.41, 5.74) is 0. The van der Waals surface area contributed by atoms with Crippen LogP contribution in [0.3, 0.4) is 0 Å². The van der Waals surface area contributed by atoms with Gasteiger partial charge in [0.25, 0.3) is 10.1 Å². The fourth-order valence-corrected chi connectivity index (χ4v) is 1.01. The van der Waals surface area contributed by atoms with Crippen LogP contribution in [-0.4, -0.2) is 25.9 Å². The van der Waals surface area contributed by atoms with E-state index in [1.807, 2.05) is 0 Å². The molecule has 0 aliphatic rings. The Balaban J connectivity index is -0.000000320. The molecular weight excluding hydrogens is 191 g/mol. The zero-order valence-electron chi connectivity index (χ0n) is 6.58. The molecule has 0 aliphatic heterocycles. The van der Waals surface area contributed by atoms with E-state index in [4.69, 9.17) is 5.11 Å². The molecule has 58 valence electrons. The van der Waals surface area contributed by atoms with Crippen molar-refractivity contribution >= 4 is 22.0 Å². The van der Waals surface area contributed by atoms with Gasteiger partial charge in [-0.3, -0.25) is 0 Å². The SMILES string of the molecule is O=S(=O)(CCCO)OCl.[H-].[Na+]. The number of hydrogen-bond donors (Lipinski definition) is 1. The molecule has 0 unspecified atom stereocenters. The predicted molar refractivity (Wildman–Crippen MR) is 33.5 cm³/mol. The molecule has 0 aromatic rings. The Morgan fingerprint density at radius 3 is 2.40 bits per heavy atom. The van der Waals surface area contributed by atoms with E-state index in [0.29, 0.717) is 0 Å². The number of aliphatic hydroxyl groups is 1. The van der Waals surface area contributed by atoms with Crippen LogP contribution in [0.15, 0.2) is 0 Å². The molecule has 0 bridgehead atoms. The van der Waals surface area contributed by atoms with E-state index in [2.05, 4.69) is 15.6 Å². The minimum atomic E-state index is -3.58. The van der Waals surface area contributed by atoms with Crippen molar-refractivity contribution in [1.82, 2.24) is 0 Å². The summed E-state index contributed by atoms with van der Waals surface area (Å²) in [4.78, 5) is 0. The van der Waals surface area contributed by atoms with E-state index in [1.165, 1.54) is 0 Å². The maximum Gasteiger partial charge on any atom is 1.00 e. The first-order valence-electron chi connectivity index (χ1n) is 2.26. The zero-order chi connectivity index (χ0) is 7.33. The molecule has 0 saturated heterocycles. The third-order valence-corrected chi connectivity index (χ3v) is 2.20. The Bertz CT molecular complexity index is 161. The molecule has 1 N–H and O–H groups in total. The molecule has 0 fully saturated rings. The van der Waals surface area contributed by atoms with E-state index >= 15 is 0 Å². The van der Waals surface area contributed by atoms with E-state index in [1.54, 1.807) is 0 Å². The van der Waals surface area contributed by atoms with Crippen LogP contribution in [0.25, 0.3) is 0 Å². The summed E-state index contributed by atoms with van der Waals surface area (Å²) in [6.07, 6.45) is 0.148. The van der Waals surface area contributed by atoms with E-state index in [0.717, 1.165) is 0 Å². The average Bonchev–Trinajstić information content (AvgIpc) is 1.84. The van der Waals surface area contributed by atoms with Crippen LogP contribution < -0.4 is 29.6 Å². The van der Waals surface area contributed by atoms with E-state index in [-0.39, 0.29) is 49.8 Å². The molecule has 0 aromatic carbocycles. The van der Waals surface area contributed by atoms with Gasteiger partial charge in [-0.2, -0.15) is 12.2 Å². The molecule has 4 nitrogen and oxygen atoms in total. The van der Waals surface area contributed by atoms with Crippen LogP contribution in [0.4, 0.5) is 0 Å². The summed E-state index contributed by atoms with van der Waals surface area (Å²) in [5.74, 6) is -0.243. The number of aliphatic hydroxyl groups excluding tert-OH is 1. The van der Waals surface area contributed by atoms with Gasteiger partial charge in [-0.15, -0.1) is 0 Å². The molecule has 0 radical (unpaired) electrons. The van der Waals surface area contributed by atoms with Gasteiger partial charge < -0.3 is 6.53 Å². The maximum absolute atomic E-state index is 10.3. The number of hydrogen-bond acceptors (Lipinski definition) is 4. The molecule has 0 amide bonds. The summed E-state index contributed by atoms with van der Waals surface area (Å²) in [5, 5.41) is 8.16. The normalized spacial score (nSPS) is 10.6.